The maximum Gasteiger partial charge on any atom is 0.266 e. The predicted octanol–water partition coefficient (Wildman–Crippen LogP) is 5.00. The Labute approximate surface area is 215 Å². The fraction of sp³-hybridized carbons (Fsp3) is 0.346. The summed E-state index contributed by atoms with van der Waals surface area (Å²) in [5, 5.41) is 1.60. The number of amides is 3. The van der Waals surface area contributed by atoms with Gasteiger partial charge < -0.3 is 9.64 Å². The molecule has 1 aliphatic heterocycles. The van der Waals surface area contributed by atoms with E-state index in [1.54, 1.807) is 48.5 Å². The van der Waals surface area contributed by atoms with Gasteiger partial charge in [-0.15, -0.1) is 6.58 Å². The smallest absolute Gasteiger partial charge is 0.266 e. The summed E-state index contributed by atoms with van der Waals surface area (Å²) in [5.74, 6) is 4.16. The van der Waals surface area contributed by atoms with E-state index >= 15 is 0 Å². The van der Waals surface area contributed by atoms with Crippen LogP contribution in [0.15, 0.2) is 61.2 Å². The Morgan fingerprint density at radius 3 is 2.43 bits per heavy atom. The lowest BCUT2D eigenvalue weighted by atomic mass is 9.89. The number of nitrogens with zero attached hydrogens (tertiary/aromatic N) is 2. The number of rotatable bonds is 8. The molecule has 2 N–H and O–H groups in total. The molecule has 9 heteroatoms. The second-order valence-corrected chi connectivity index (χ2v) is 9.27. The second-order valence-electron chi connectivity index (χ2n) is 8.40. The van der Waals surface area contributed by atoms with E-state index in [2.05, 4.69) is 6.58 Å². The number of benzene rings is 2. The molecule has 0 bridgehead atoms. The molecule has 0 aromatic heterocycles. The van der Waals surface area contributed by atoms with Crippen molar-refractivity contribution in [2.75, 3.05) is 0 Å². The third-order valence-electron chi connectivity index (χ3n) is 5.96. The molecule has 2 aromatic rings. The van der Waals surface area contributed by atoms with E-state index in [1.807, 2.05) is 13.0 Å². The lowest BCUT2D eigenvalue weighted by molar-refractivity contribution is -0.183. The first kappa shape index (κ1) is 26.9. The quantitative estimate of drug-likeness (QED) is 0.230. The van der Waals surface area contributed by atoms with Crippen molar-refractivity contribution in [2.45, 2.75) is 57.4 Å². The number of ether oxygens (including phenoxy) is 1. The predicted molar refractivity (Wildman–Crippen MR) is 135 cm³/mol. The molecule has 0 aliphatic carbocycles. The molecule has 1 aliphatic rings. The molecule has 3 amide bonds. The van der Waals surface area contributed by atoms with Gasteiger partial charge in [-0.05, 0) is 41.8 Å². The van der Waals surface area contributed by atoms with Crippen LogP contribution < -0.4 is 5.84 Å². The van der Waals surface area contributed by atoms with Gasteiger partial charge in [0.15, 0.2) is 0 Å². The number of hydrogen-bond donors (Lipinski definition) is 1. The van der Waals surface area contributed by atoms with Crippen LogP contribution in [0.3, 0.4) is 0 Å². The maximum absolute atomic E-state index is 13.8. The van der Waals surface area contributed by atoms with Gasteiger partial charge in [0.05, 0.1) is 6.04 Å². The minimum atomic E-state index is -0.986. The molecule has 7 nitrogen and oxygen atoms in total. The Morgan fingerprint density at radius 2 is 1.86 bits per heavy atom. The first-order valence-corrected chi connectivity index (χ1v) is 12.1. The zero-order valence-electron chi connectivity index (χ0n) is 19.7. The first-order valence-electron chi connectivity index (χ1n) is 11.4. The number of nitrogens with two attached hydrogens (primary N) is 1. The zero-order chi connectivity index (χ0) is 25.7. The molecule has 186 valence electrons. The maximum atomic E-state index is 13.8. The van der Waals surface area contributed by atoms with Crippen molar-refractivity contribution in [2.24, 2.45) is 5.84 Å². The van der Waals surface area contributed by atoms with E-state index in [4.69, 9.17) is 33.8 Å². The standard InChI is InChI=1S/C26H29Cl2N3O4/c1-4-7-21(25(33)31(29)16(3)32)30-23(17-11-13-19(27)14-12-17)24(18-9-6-10-20(28)15-18)35-22(8-5-2)26(30)34/h5-6,9-15,21-24H,2,4,7-8,29H2,1,3H3/t21?,22-,23+,24-/m0/s1. The number of halogens is 2. The van der Waals surface area contributed by atoms with Crippen LogP contribution in [0, 0.1) is 0 Å². The summed E-state index contributed by atoms with van der Waals surface area (Å²) in [7, 11) is 0. The lowest BCUT2D eigenvalue weighted by Gasteiger charge is -2.48. The van der Waals surface area contributed by atoms with E-state index in [9.17, 15) is 14.4 Å². The molecule has 0 saturated carbocycles. The summed E-state index contributed by atoms with van der Waals surface area (Å²) in [4.78, 5) is 40.7. The topological polar surface area (TPSA) is 92.9 Å². The number of morpholine rings is 1. The Morgan fingerprint density at radius 1 is 1.17 bits per heavy atom. The van der Waals surface area contributed by atoms with Gasteiger partial charge in [0, 0.05) is 23.4 Å². The van der Waals surface area contributed by atoms with Gasteiger partial charge in [0.1, 0.15) is 18.2 Å². The Kier molecular flexibility index (Phi) is 9.08. The van der Waals surface area contributed by atoms with Crippen molar-refractivity contribution >= 4 is 40.9 Å². The Balaban J connectivity index is 2.23. The van der Waals surface area contributed by atoms with Crippen LogP contribution in [-0.4, -0.2) is 39.8 Å². The second kappa shape index (κ2) is 11.8. The van der Waals surface area contributed by atoms with E-state index in [1.165, 1.54) is 11.8 Å². The SMILES string of the molecule is C=CC[C@@H]1O[C@@H](c2cccc(Cl)c2)[C@@H](c2ccc(Cl)cc2)N(C(CCC)C(=O)N(N)C(C)=O)C1=O. The fourth-order valence-electron chi connectivity index (χ4n) is 4.32. The van der Waals surface area contributed by atoms with Crippen molar-refractivity contribution in [1.29, 1.82) is 0 Å². The summed E-state index contributed by atoms with van der Waals surface area (Å²) in [5.41, 5.74) is 1.45. The van der Waals surface area contributed by atoms with Crippen molar-refractivity contribution < 1.29 is 19.1 Å². The Bertz CT molecular complexity index is 1090. The highest BCUT2D eigenvalue weighted by Gasteiger charge is 2.48. The molecule has 1 heterocycles. The van der Waals surface area contributed by atoms with Crippen LogP contribution in [-0.2, 0) is 19.1 Å². The minimum Gasteiger partial charge on any atom is -0.358 e. The van der Waals surface area contributed by atoms with Crippen LogP contribution in [0.1, 0.15) is 56.4 Å². The van der Waals surface area contributed by atoms with E-state index in [-0.39, 0.29) is 12.3 Å². The molecule has 1 fully saturated rings. The monoisotopic (exact) mass is 517 g/mol. The normalized spacial score (nSPS) is 20.9. The molecular weight excluding hydrogens is 489 g/mol. The van der Waals surface area contributed by atoms with E-state index in [0.717, 1.165) is 5.56 Å². The van der Waals surface area contributed by atoms with Crippen LogP contribution in [0.2, 0.25) is 10.0 Å². The van der Waals surface area contributed by atoms with Crippen molar-refractivity contribution in [3.8, 4) is 0 Å². The summed E-state index contributed by atoms with van der Waals surface area (Å²) in [6.45, 7) is 6.85. The number of hydrogen-bond acceptors (Lipinski definition) is 5. The third-order valence-corrected chi connectivity index (χ3v) is 6.44. The number of carbonyl (C=O) groups excluding carboxylic acids is 3. The van der Waals surface area contributed by atoms with Crippen molar-refractivity contribution in [3.63, 3.8) is 0 Å². The Hall–Kier alpha value is -2.71. The molecule has 1 unspecified atom stereocenters. The van der Waals surface area contributed by atoms with Gasteiger partial charge >= 0.3 is 0 Å². The van der Waals surface area contributed by atoms with Gasteiger partial charge in [-0.25, -0.2) is 10.9 Å². The van der Waals surface area contributed by atoms with Crippen molar-refractivity contribution in [3.05, 3.63) is 82.4 Å². The molecule has 4 atom stereocenters. The molecule has 35 heavy (non-hydrogen) atoms. The molecule has 0 radical (unpaired) electrons. The lowest BCUT2D eigenvalue weighted by Crippen LogP contribution is -2.60. The summed E-state index contributed by atoms with van der Waals surface area (Å²) in [6.07, 6.45) is 1.18. The summed E-state index contributed by atoms with van der Waals surface area (Å²) < 4.78 is 6.35. The van der Waals surface area contributed by atoms with Crippen LogP contribution in [0.4, 0.5) is 0 Å². The van der Waals surface area contributed by atoms with Crippen LogP contribution in [0.25, 0.3) is 0 Å². The molecule has 3 rings (SSSR count). The van der Waals surface area contributed by atoms with Gasteiger partial charge in [-0.1, -0.05) is 66.9 Å². The van der Waals surface area contributed by atoms with Gasteiger partial charge in [-0.2, -0.15) is 0 Å². The summed E-state index contributed by atoms with van der Waals surface area (Å²) in [6, 6.07) is 12.5. The van der Waals surface area contributed by atoms with Crippen LogP contribution >= 0.6 is 23.2 Å². The molecule has 2 aromatic carbocycles. The molecule has 1 saturated heterocycles. The minimum absolute atomic E-state index is 0.242. The van der Waals surface area contributed by atoms with Crippen molar-refractivity contribution in [1.82, 2.24) is 9.91 Å². The molecule has 0 spiro atoms. The largest absolute Gasteiger partial charge is 0.358 e. The average molecular weight is 518 g/mol. The van der Waals surface area contributed by atoms with E-state index in [0.29, 0.717) is 33.5 Å². The average Bonchev–Trinajstić information content (AvgIpc) is 2.83. The number of hydrazine groups is 1. The fourth-order valence-corrected chi connectivity index (χ4v) is 4.65. The third kappa shape index (κ3) is 5.93. The number of imide groups is 1. The highest BCUT2D eigenvalue weighted by molar-refractivity contribution is 6.30. The van der Waals surface area contributed by atoms with Gasteiger partial charge in [0.25, 0.3) is 11.8 Å². The highest BCUT2D eigenvalue weighted by atomic mass is 35.5. The highest BCUT2D eigenvalue weighted by Crippen LogP contribution is 2.45. The van der Waals surface area contributed by atoms with E-state index < -0.39 is 36.1 Å². The zero-order valence-corrected chi connectivity index (χ0v) is 21.2. The van der Waals surface area contributed by atoms with Crippen LogP contribution in [0.5, 0.6) is 0 Å². The van der Waals surface area contributed by atoms with Gasteiger partial charge in [-0.3, -0.25) is 14.4 Å². The summed E-state index contributed by atoms with van der Waals surface area (Å²) >= 11 is 12.4. The van der Waals surface area contributed by atoms with Gasteiger partial charge in [0.2, 0.25) is 5.91 Å². The molecular formula is C26H29Cl2N3O4. The number of carbonyl (C=O) groups is 3. The first-order chi connectivity index (χ1) is 16.7.